The molecule has 0 spiro atoms. The summed E-state index contributed by atoms with van der Waals surface area (Å²) >= 11 is 6.25. The van der Waals surface area contributed by atoms with E-state index in [1.807, 2.05) is 4.57 Å². The average molecular weight is 428 g/mol. The smallest absolute Gasteiger partial charge is 0.495 e. The SMILES string of the molecule is COc1cc2c(CC(=O)O)c(C)n(Cc3ccc(OC(F)(F)F)cc3)c2cc1Cl. The normalized spacial score (nSPS) is 11.7. The van der Waals surface area contributed by atoms with Crippen LogP contribution in [0.15, 0.2) is 36.4 Å². The quantitative estimate of drug-likeness (QED) is 0.588. The molecule has 2 aromatic carbocycles. The first-order valence-electron chi connectivity index (χ1n) is 8.50. The summed E-state index contributed by atoms with van der Waals surface area (Å²) in [6.07, 6.45) is -4.94. The molecule has 5 nitrogen and oxygen atoms in total. The van der Waals surface area contributed by atoms with Crippen molar-refractivity contribution in [2.75, 3.05) is 7.11 Å². The molecule has 3 aromatic rings. The molecule has 1 aromatic heterocycles. The molecular weight excluding hydrogens is 411 g/mol. The van der Waals surface area contributed by atoms with Gasteiger partial charge in [0.15, 0.2) is 0 Å². The second-order valence-electron chi connectivity index (χ2n) is 6.42. The number of fused-ring (bicyclic) bond motifs is 1. The standard InChI is InChI=1S/C20H17ClF3NO4/c1-11-14(8-19(26)27)15-7-18(28-2)16(21)9-17(15)25(11)10-12-3-5-13(6-4-12)29-20(22,23)24/h3-7,9H,8,10H2,1-2H3,(H,26,27). The fourth-order valence-electron chi connectivity index (χ4n) is 3.26. The number of carboxylic acid groups (broad SMARTS) is 1. The van der Waals surface area contributed by atoms with Crippen LogP contribution in [0.3, 0.4) is 0 Å². The molecule has 3 rings (SSSR count). The third-order valence-corrected chi connectivity index (χ3v) is 4.85. The zero-order valence-electron chi connectivity index (χ0n) is 15.5. The maximum absolute atomic E-state index is 12.3. The summed E-state index contributed by atoms with van der Waals surface area (Å²) in [6.45, 7) is 2.11. The molecule has 0 radical (unpaired) electrons. The molecule has 9 heteroatoms. The molecule has 0 aliphatic rings. The van der Waals surface area contributed by atoms with Crippen molar-refractivity contribution in [1.29, 1.82) is 0 Å². The van der Waals surface area contributed by atoms with Gasteiger partial charge < -0.3 is 19.1 Å². The van der Waals surface area contributed by atoms with Gasteiger partial charge in [-0.2, -0.15) is 0 Å². The number of aliphatic carboxylic acids is 1. The van der Waals surface area contributed by atoms with Gasteiger partial charge >= 0.3 is 12.3 Å². The lowest BCUT2D eigenvalue weighted by molar-refractivity contribution is -0.274. The van der Waals surface area contributed by atoms with Gasteiger partial charge in [-0.25, -0.2) is 0 Å². The molecule has 0 bridgehead atoms. The Labute approximate surface area is 169 Å². The molecule has 0 aliphatic heterocycles. The predicted octanol–water partition coefficient (Wildman–Crippen LogP) is 5.19. The highest BCUT2D eigenvalue weighted by molar-refractivity contribution is 6.32. The predicted molar refractivity (Wildman–Crippen MR) is 102 cm³/mol. The summed E-state index contributed by atoms with van der Waals surface area (Å²) in [5.41, 5.74) is 2.77. The van der Waals surface area contributed by atoms with Gasteiger partial charge in [0.2, 0.25) is 0 Å². The topological polar surface area (TPSA) is 60.7 Å². The van der Waals surface area contributed by atoms with Crippen LogP contribution in [-0.4, -0.2) is 29.1 Å². The Kier molecular flexibility index (Phi) is 5.66. The van der Waals surface area contributed by atoms with E-state index in [1.54, 1.807) is 19.1 Å². The van der Waals surface area contributed by atoms with Gasteiger partial charge in [0.05, 0.1) is 24.1 Å². The summed E-state index contributed by atoms with van der Waals surface area (Å²) in [7, 11) is 1.47. The Balaban J connectivity index is 2.03. The van der Waals surface area contributed by atoms with Gasteiger partial charge in [-0.15, -0.1) is 13.2 Å². The van der Waals surface area contributed by atoms with E-state index in [9.17, 15) is 23.1 Å². The van der Waals surface area contributed by atoms with Crippen LogP contribution in [0.25, 0.3) is 10.9 Å². The molecule has 0 aliphatic carbocycles. The van der Waals surface area contributed by atoms with Crippen molar-refractivity contribution in [1.82, 2.24) is 4.57 Å². The molecule has 0 fully saturated rings. The monoisotopic (exact) mass is 427 g/mol. The van der Waals surface area contributed by atoms with E-state index in [2.05, 4.69) is 4.74 Å². The molecule has 0 saturated heterocycles. The number of hydrogen-bond acceptors (Lipinski definition) is 3. The molecule has 0 amide bonds. The largest absolute Gasteiger partial charge is 0.573 e. The minimum absolute atomic E-state index is 0.182. The zero-order chi connectivity index (χ0) is 21.3. The van der Waals surface area contributed by atoms with Crippen molar-refractivity contribution < 1.29 is 32.5 Å². The van der Waals surface area contributed by atoms with Crippen molar-refractivity contribution in [3.8, 4) is 11.5 Å². The van der Waals surface area contributed by atoms with E-state index in [0.717, 1.165) is 5.69 Å². The van der Waals surface area contributed by atoms with Crippen molar-refractivity contribution >= 4 is 28.5 Å². The number of nitrogens with zero attached hydrogens (tertiary/aromatic N) is 1. The van der Waals surface area contributed by atoms with Gasteiger partial charge in [0.1, 0.15) is 11.5 Å². The van der Waals surface area contributed by atoms with Crippen LogP contribution < -0.4 is 9.47 Å². The molecule has 154 valence electrons. The van der Waals surface area contributed by atoms with Gasteiger partial charge in [-0.3, -0.25) is 4.79 Å². The van der Waals surface area contributed by atoms with Gasteiger partial charge in [-0.1, -0.05) is 23.7 Å². The number of halogens is 4. The highest BCUT2D eigenvalue weighted by Crippen LogP contribution is 2.35. The number of carbonyl (C=O) groups is 1. The first-order chi connectivity index (χ1) is 13.6. The number of hydrogen-bond donors (Lipinski definition) is 1. The van der Waals surface area contributed by atoms with E-state index < -0.39 is 12.3 Å². The third-order valence-electron chi connectivity index (χ3n) is 4.55. The number of alkyl halides is 3. The summed E-state index contributed by atoms with van der Waals surface area (Å²) in [5, 5.41) is 10.3. The fraction of sp³-hybridized carbons (Fsp3) is 0.250. The lowest BCUT2D eigenvalue weighted by Crippen LogP contribution is -2.17. The van der Waals surface area contributed by atoms with E-state index in [4.69, 9.17) is 16.3 Å². The number of carboxylic acids is 1. The Hall–Kier alpha value is -2.87. The van der Waals surface area contributed by atoms with Crippen LogP contribution in [0.1, 0.15) is 16.8 Å². The molecular formula is C20H17ClF3NO4. The first-order valence-corrected chi connectivity index (χ1v) is 8.88. The zero-order valence-corrected chi connectivity index (χ0v) is 16.3. The van der Waals surface area contributed by atoms with Gasteiger partial charge in [-0.05, 0) is 42.3 Å². The molecule has 0 atom stereocenters. The minimum Gasteiger partial charge on any atom is -0.495 e. The van der Waals surface area contributed by atoms with Crippen LogP contribution in [-0.2, 0) is 17.8 Å². The minimum atomic E-state index is -4.75. The average Bonchev–Trinajstić information content (AvgIpc) is 2.86. The van der Waals surface area contributed by atoms with Crippen molar-refractivity contribution in [3.05, 3.63) is 58.2 Å². The first kappa shape index (κ1) is 20.9. The van der Waals surface area contributed by atoms with E-state index in [0.29, 0.717) is 39.3 Å². The van der Waals surface area contributed by atoms with Crippen LogP contribution in [0.2, 0.25) is 5.02 Å². The fourth-order valence-corrected chi connectivity index (χ4v) is 3.50. The molecule has 1 heterocycles. The number of aromatic nitrogens is 1. The maximum Gasteiger partial charge on any atom is 0.573 e. The van der Waals surface area contributed by atoms with E-state index in [-0.39, 0.29) is 12.2 Å². The van der Waals surface area contributed by atoms with Gasteiger partial charge in [0.25, 0.3) is 0 Å². The molecule has 1 N–H and O–H groups in total. The lowest BCUT2D eigenvalue weighted by atomic mass is 10.1. The van der Waals surface area contributed by atoms with Crippen LogP contribution >= 0.6 is 11.6 Å². The molecule has 29 heavy (non-hydrogen) atoms. The summed E-state index contributed by atoms with van der Waals surface area (Å²) in [5.74, 6) is -0.860. The number of rotatable bonds is 6. The Morgan fingerprint density at radius 1 is 1.21 bits per heavy atom. The second-order valence-corrected chi connectivity index (χ2v) is 6.82. The lowest BCUT2D eigenvalue weighted by Gasteiger charge is -2.12. The summed E-state index contributed by atoms with van der Waals surface area (Å²) in [6, 6.07) is 8.90. The van der Waals surface area contributed by atoms with Crippen molar-refractivity contribution in [3.63, 3.8) is 0 Å². The number of ether oxygens (including phenoxy) is 2. The second kappa shape index (κ2) is 7.87. The number of benzene rings is 2. The molecule has 0 saturated carbocycles. The van der Waals surface area contributed by atoms with E-state index in [1.165, 1.54) is 31.4 Å². The number of methoxy groups -OCH3 is 1. The molecule has 0 unspecified atom stereocenters. The van der Waals surface area contributed by atoms with Gasteiger partial charge in [0, 0.05) is 17.6 Å². The third kappa shape index (κ3) is 4.59. The highest BCUT2D eigenvalue weighted by atomic mass is 35.5. The van der Waals surface area contributed by atoms with Crippen molar-refractivity contribution in [2.24, 2.45) is 0 Å². The highest BCUT2D eigenvalue weighted by Gasteiger charge is 2.31. The summed E-state index contributed by atoms with van der Waals surface area (Å²) < 4.78 is 48.0. The van der Waals surface area contributed by atoms with Crippen molar-refractivity contribution in [2.45, 2.75) is 26.3 Å². The summed E-state index contributed by atoms with van der Waals surface area (Å²) in [4.78, 5) is 11.3. The Bertz CT molecular complexity index is 1060. The van der Waals surface area contributed by atoms with E-state index >= 15 is 0 Å². The van der Waals surface area contributed by atoms with Crippen LogP contribution in [0, 0.1) is 6.92 Å². The Morgan fingerprint density at radius 3 is 2.41 bits per heavy atom. The Morgan fingerprint density at radius 2 is 1.86 bits per heavy atom. The van der Waals surface area contributed by atoms with Crippen LogP contribution in [0.5, 0.6) is 11.5 Å². The van der Waals surface area contributed by atoms with Crippen LogP contribution in [0.4, 0.5) is 13.2 Å². The maximum atomic E-state index is 12.3.